The van der Waals surface area contributed by atoms with Crippen molar-refractivity contribution in [1.29, 1.82) is 0 Å². The Kier molecular flexibility index (Phi) is 4.01. The van der Waals surface area contributed by atoms with E-state index in [4.69, 9.17) is 0 Å². The molecule has 1 aromatic rings. The first kappa shape index (κ1) is 16.1. The fourth-order valence-corrected chi connectivity index (χ4v) is 2.76. The number of aromatic nitrogens is 2. The topological polar surface area (TPSA) is 87.1 Å². The van der Waals surface area contributed by atoms with Crippen LogP contribution in [0.25, 0.3) is 0 Å². The highest BCUT2D eigenvalue weighted by molar-refractivity contribution is 5.77. The van der Waals surface area contributed by atoms with Crippen LogP contribution in [0.15, 0.2) is 12.3 Å². The molecule has 0 unspecified atom stereocenters. The SMILES string of the molecule is O=C(C[C@@H]1CNC[C@H]1O)NC1(c2nccc(C(F)(F)F)n2)CC1. The van der Waals surface area contributed by atoms with Gasteiger partial charge in [-0.2, -0.15) is 13.2 Å². The Hall–Kier alpha value is -1.74. The summed E-state index contributed by atoms with van der Waals surface area (Å²) in [4.78, 5) is 19.6. The third kappa shape index (κ3) is 3.45. The molecule has 0 radical (unpaired) electrons. The van der Waals surface area contributed by atoms with Crippen molar-refractivity contribution >= 4 is 5.91 Å². The summed E-state index contributed by atoms with van der Waals surface area (Å²) < 4.78 is 38.2. The van der Waals surface area contributed by atoms with Gasteiger partial charge in [0.1, 0.15) is 5.69 Å². The van der Waals surface area contributed by atoms with Gasteiger partial charge < -0.3 is 15.7 Å². The number of carbonyl (C=O) groups excluding carboxylic acids is 1. The smallest absolute Gasteiger partial charge is 0.391 e. The zero-order valence-corrected chi connectivity index (χ0v) is 12.2. The van der Waals surface area contributed by atoms with E-state index in [0.717, 1.165) is 12.3 Å². The number of hydrogen-bond acceptors (Lipinski definition) is 5. The second-order valence-corrected chi connectivity index (χ2v) is 6.08. The molecule has 3 rings (SSSR count). The van der Waals surface area contributed by atoms with Gasteiger partial charge in [0.05, 0.1) is 11.6 Å². The summed E-state index contributed by atoms with van der Waals surface area (Å²) in [6.07, 6.45) is -2.94. The zero-order chi connectivity index (χ0) is 16.7. The average molecular weight is 330 g/mol. The second kappa shape index (κ2) is 5.72. The van der Waals surface area contributed by atoms with E-state index in [-0.39, 0.29) is 24.1 Å². The van der Waals surface area contributed by atoms with E-state index in [1.165, 1.54) is 0 Å². The van der Waals surface area contributed by atoms with Crippen molar-refractivity contribution in [2.75, 3.05) is 13.1 Å². The van der Waals surface area contributed by atoms with Crippen molar-refractivity contribution < 1.29 is 23.1 Å². The second-order valence-electron chi connectivity index (χ2n) is 6.08. The first-order chi connectivity index (χ1) is 10.8. The Labute approximate surface area is 130 Å². The van der Waals surface area contributed by atoms with E-state index in [9.17, 15) is 23.1 Å². The molecule has 0 bridgehead atoms. The summed E-state index contributed by atoms with van der Waals surface area (Å²) in [5.41, 5.74) is -1.92. The van der Waals surface area contributed by atoms with E-state index in [2.05, 4.69) is 20.6 Å². The lowest BCUT2D eigenvalue weighted by molar-refractivity contribution is -0.141. The van der Waals surface area contributed by atoms with E-state index >= 15 is 0 Å². The Morgan fingerprint density at radius 3 is 2.74 bits per heavy atom. The molecule has 1 amide bonds. The van der Waals surface area contributed by atoms with Crippen molar-refractivity contribution in [2.24, 2.45) is 5.92 Å². The lowest BCUT2D eigenvalue weighted by Crippen LogP contribution is -2.38. The fraction of sp³-hybridized carbons (Fsp3) is 0.643. The predicted molar refractivity (Wildman–Crippen MR) is 73.1 cm³/mol. The normalized spacial score (nSPS) is 26.1. The quantitative estimate of drug-likeness (QED) is 0.751. The van der Waals surface area contributed by atoms with Crippen LogP contribution in [0.1, 0.15) is 30.8 Å². The standard InChI is InChI=1S/C14H17F3N4O2/c15-14(16,17)10-1-4-19-12(20-10)13(2-3-13)21-11(23)5-8-6-18-7-9(8)22/h1,4,8-9,18,22H,2-3,5-7H2,(H,21,23)/t8-,9-/m1/s1. The molecular weight excluding hydrogens is 313 g/mol. The minimum atomic E-state index is -4.54. The largest absolute Gasteiger partial charge is 0.433 e. The maximum Gasteiger partial charge on any atom is 0.433 e. The van der Waals surface area contributed by atoms with Gasteiger partial charge in [-0.1, -0.05) is 0 Å². The lowest BCUT2D eigenvalue weighted by Gasteiger charge is -2.19. The fourth-order valence-electron chi connectivity index (χ4n) is 2.76. The van der Waals surface area contributed by atoms with Crippen molar-refractivity contribution in [3.63, 3.8) is 0 Å². The number of halogens is 3. The number of β-amino-alcohol motifs (C(OH)–C–C–N with tert-alkyl or cyclic N) is 1. The van der Waals surface area contributed by atoms with Crippen LogP contribution in [0, 0.1) is 5.92 Å². The minimum absolute atomic E-state index is 0.00855. The number of hydrogen-bond donors (Lipinski definition) is 3. The molecule has 1 aliphatic heterocycles. The number of nitrogens with zero attached hydrogens (tertiary/aromatic N) is 2. The van der Waals surface area contributed by atoms with Crippen LogP contribution in [-0.2, 0) is 16.5 Å². The number of rotatable bonds is 4. The van der Waals surface area contributed by atoms with Gasteiger partial charge in [0, 0.05) is 31.6 Å². The van der Waals surface area contributed by atoms with Crippen LogP contribution >= 0.6 is 0 Å². The molecular formula is C14H17F3N4O2. The molecule has 1 aromatic heterocycles. The van der Waals surface area contributed by atoms with Crippen LogP contribution in [0.5, 0.6) is 0 Å². The summed E-state index contributed by atoms with van der Waals surface area (Å²) >= 11 is 0. The number of aliphatic hydroxyl groups is 1. The number of carbonyl (C=O) groups is 1. The van der Waals surface area contributed by atoms with Gasteiger partial charge in [0.2, 0.25) is 5.91 Å². The molecule has 0 spiro atoms. The summed E-state index contributed by atoms with van der Waals surface area (Å²) in [5, 5.41) is 15.4. The van der Waals surface area contributed by atoms with Gasteiger partial charge in [-0.3, -0.25) is 4.79 Å². The molecule has 1 saturated carbocycles. The van der Waals surface area contributed by atoms with Crippen LogP contribution in [0.3, 0.4) is 0 Å². The monoisotopic (exact) mass is 330 g/mol. The van der Waals surface area contributed by atoms with Gasteiger partial charge in [-0.05, 0) is 18.9 Å². The molecule has 126 valence electrons. The van der Waals surface area contributed by atoms with Gasteiger partial charge >= 0.3 is 6.18 Å². The third-order valence-corrected chi connectivity index (χ3v) is 4.25. The third-order valence-electron chi connectivity index (χ3n) is 4.25. The van der Waals surface area contributed by atoms with Crippen LogP contribution < -0.4 is 10.6 Å². The van der Waals surface area contributed by atoms with Crippen molar-refractivity contribution in [3.05, 3.63) is 23.8 Å². The molecule has 6 nitrogen and oxygen atoms in total. The molecule has 2 atom stereocenters. The van der Waals surface area contributed by atoms with E-state index in [0.29, 0.717) is 25.9 Å². The Morgan fingerprint density at radius 2 is 2.17 bits per heavy atom. The average Bonchev–Trinajstić information content (AvgIpc) is 3.16. The maximum absolute atomic E-state index is 12.7. The first-order valence-corrected chi connectivity index (χ1v) is 7.41. The van der Waals surface area contributed by atoms with Crippen molar-refractivity contribution in [2.45, 2.75) is 37.1 Å². The number of alkyl halides is 3. The summed E-state index contributed by atoms with van der Waals surface area (Å²) in [6.45, 7) is 0.988. The molecule has 2 fully saturated rings. The first-order valence-electron chi connectivity index (χ1n) is 7.41. The van der Waals surface area contributed by atoms with Crippen molar-refractivity contribution in [3.8, 4) is 0 Å². The summed E-state index contributed by atoms with van der Waals surface area (Å²) in [6, 6.07) is 0.807. The van der Waals surface area contributed by atoms with Crippen LogP contribution in [0.2, 0.25) is 0 Å². The Bertz CT molecular complexity index is 604. The predicted octanol–water partition coefficient (Wildman–Crippen LogP) is 0.571. The molecule has 2 heterocycles. The maximum atomic E-state index is 12.7. The van der Waals surface area contributed by atoms with Crippen LogP contribution in [-0.4, -0.2) is 40.2 Å². The molecule has 1 aliphatic carbocycles. The Morgan fingerprint density at radius 1 is 1.43 bits per heavy atom. The molecule has 0 aromatic carbocycles. The van der Waals surface area contributed by atoms with Gasteiger partial charge in [0.15, 0.2) is 5.82 Å². The number of amides is 1. The van der Waals surface area contributed by atoms with Crippen LogP contribution in [0.4, 0.5) is 13.2 Å². The molecule has 2 aliphatic rings. The molecule has 3 N–H and O–H groups in total. The number of nitrogens with one attached hydrogen (secondary N) is 2. The van der Waals surface area contributed by atoms with E-state index in [1.807, 2.05) is 0 Å². The molecule has 23 heavy (non-hydrogen) atoms. The summed E-state index contributed by atoms with van der Waals surface area (Å²) in [5.74, 6) is -0.504. The van der Waals surface area contributed by atoms with Crippen molar-refractivity contribution in [1.82, 2.24) is 20.6 Å². The van der Waals surface area contributed by atoms with E-state index in [1.54, 1.807) is 0 Å². The highest BCUT2D eigenvalue weighted by Gasteiger charge is 2.49. The van der Waals surface area contributed by atoms with E-state index < -0.39 is 23.5 Å². The highest BCUT2D eigenvalue weighted by Crippen LogP contribution is 2.44. The Balaban J connectivity index is 1.69. The number of aliphatic hydroxyl groups excluding tert-OH is 1. The summed E-state index contributed by atoms with van der Waals surface area (Å²) in [7, 11) is 0. The zero-order valence-electron chi connectivity index (χ0n) is 12.2. The van der Waals surface area contributed by atoms with Gasteiger partial charge in [-0.25, -0.2) is 9.97 Å². The minimum Gasteiger partial charge on any atom is -0.391 e. The highest BCUT2D eigenvalue weighted by atomic mass is 19.4. The molecule has 1 saturated heterocycles. The molecule has 9 heteroatoms. The van der Waals surface area contributed by atoms with Gasteiger partial charge in [-0.15, -0.1) is 0 Å². The lowest BCUT2D eigenvalue weighted by atomic mass is 10.0. The van der Waals surface area contributed by atoms with Gasteiger partial charge in [0.25, 0.3) is 0 Å².